The predicted molar refractivity (Wildman–Crippen MR) is 95.1 cm³/mol. The van der Waals surface area contributed by atoms with Gasteiger partial charge >= 0.3 is 24.0 Å². The number of fused-ring (bicyclic) bond motifs is 1. The molecule has 1 saturated heterocycles. The van der Waals surface area contributed by atoms with Crippen molar-refractivity contribution in [2.45, 2.75) is 32.9 Å². The van der Waals surface area contributed by atoms with Gasteiger partial charge in [0.25, 0.3) is 0 Å². The summed E-state index contributed by atoms with van der Waals surface area (Å²) < 4.78 is 76.0. The molecule has 0 aliphatic carbocycles. The van der Waals surface area contributed by atoms with E-state index in [4.69, 9.17) is 0 Å². The molecule has 1 aromatic heterocycles. The smallest absolute Gasteiger partial charge is 0.386 e. The monoisotopic (exact) mass is 413 g/mol. The van der Waals surface area contributed by atoms with Crippen molar-refractivity contribution in [3.8, 4) is 0 Å². The van der Waals surface area contributed by atoms with E-state index in [0.29, 0.717) is 5.52 Å². The average molecular weight is 413 g/mol. The molecule has 2 heterocycles. The number of hydrogen-bond acceptors (Lipinski definition) is 3. The number of allylic oxidation sites excluding steroid dienone is 2. The molecule has 0 atom stereocenters. The number of hydrogen-bond donors (Lipinski definition) is 0. The highest BCUT2D eigenvalue weighted by molar-refractivity contribution is 6.23. The lowest BCUT2D eigenvalue weighted by molar-refractivity contribution is -0.254. The van der Waals surface area contributed by atoms with Crippen molar-refractivity contribution >= 4 is 28.4 Å². The molecule has 1 aliphatic heterocycles. The average Bonchev–Trinajstić information content (AvgIpc) is 3.03. The fraction of sp³-hybridized carbons (Fsp3) is 0.300. The van der Waals surface area contributed by atoms with Gasteiger partial charge in [-0.05, 0) is 26.8 Å². The summed E-state index contributed by atoms with van der Waals surface area (Å²) >= 11 is 0. The third kappa shape index (κ3) is 2.95. The van der Waals surface area contributed by atoms with E-state index in [1.165, 1.54) is 44.5 Å². The van der Waals surface area contributed by atoms with Crippen LogP contribution in [0.3, 0.4) is 0 Å². The third-order valence-corrected chi connectivity index (χ3v) is 4.91. The summed E-state index contributed by atoms with van der Waals surface area (Å²) in [6, 6.07) is 6.03. The Balaban J connectivity index is 2.59. The van der Waals surface area contributed by atoms with Gasteiger partial charge in [-0.15, -0.1) is 0 Å². The van der Waals surface area contributed by atoms with E-state index in [2.05, 4.69) is 4.74 Å². The number of esters is 2. The molecule has 1 aliphatic rings. The number of aryl methyl sites for hydroxylation is 1. The van der Waals surface area contributed by atoms with Gasteiger partial charge < -0.3 is 9.30 Å². The SMILES string of the molecule is CC(C)=C1C(=O)OC(=O)/C1=C(/c1c(C)n(C)c2ccccc12)C(F)(F)C(F)(F)F. The molecule has 29 heavy (non-hydrogen) atoms. The second-order valence-corrected chi connectivity index (χ2v) is 6.91. The fourth-order valence-corrected chi connectivity index (χ4v) is 3.49. The van der Waals surface area contributed by atoms with Crippen molar-refractivity contribution in [3.63, 3.8) is 0 Å². The molecule has 154 valence electrons. The molecule has 2 aromatic rings. The van der Waals surface area contributed by atoms with Crippen LogP contribution in [-0.4, -0.2) is 28.6 Å². The maximum atomic E-state index is 14.9. The summed E-state index contributed by atoms with van der Waals surface area (Å²) in [5.74, 6) is -8.20. The van der Waals surface area contributed by atoms with Crippen LogP contribution in [-0.2, 0) is 21.4 Å². The number of carbonyl (C=O) groups is 2. The Morgan fingerprint density at radius 3 is 2.07 bits per heavy atom. The van der Waals surface area contributed by atoms with Gasteiger partial charge in [0.1, 0.15) is 0 Å². The summed E-state index contributed by atoms with van der Waals surface area (Å²) in [6.07, 6.45) is -6.00. The number of alkyl halides is 5. The Morgan fingerprint density at radius 2 is 1.52 bits per heavy atom. The van der Waals surface area contributed by atoms with Crippen LogP contribution in [0.25, 0.3) is 16.5 Å². The summed E-state index contributed by atoms with van der Waals surface area (Å²) in [7, 11) is 1.51. The Hall–Kier alpha value is -2.97. The number of halogens is 5. The molecule has 0 radical (unpaired) electrons. The standard InChI is InChI=1S/C20H16F5NO3/c1-9(2)13-15(18(28)29-17(13)27)16(19(21,22)20(23,24)25)14-10(3)26(4)12-8-6-5-7-11(12)14/h5-8H,1-4H3/b16-15-. The largest absolute Gasteiger partial charge is 0.458 e. The van der Waals surface area contributed by atoms with E-state index in [-0.39, 0.29) is 16.7 Å². The maximum Gasteiger partial charge on any atom is 0.458 e. The molecule has 0 spiro atoms. The van der Waals surface area contributed by atoms with Crippen molar-refractivity contribution in [2.24, 2.45) is 7.05 Å². The van der Waals surface area contributed by atoms with Crippen LogP contribution < -0.4 is 0 Å². The summed E-state index contributed by atoms with van der Waals surface area (Å²) in [5.41, 5.74) is -3.11. The normalized spacial score (nSPS) is 17.2. The zero-order valence-electron chi connectivity index (χ0n) is 15.9. The van der Waals surface area contributed by atoms with E-state index in [9.17, 15) is 31.5 Å². The van der Waals surface area contributed by atoms with Crippen molar-refractivity contribution in [3.05, 3.63) is 52.2 Å². The van der Waals surface area contributed by atoms with E-state index in [1.807, 2.05) is 0 Å². The van der Waals surface area contributed by atoms with Crippen LogP contribution in [0.15, 0.2) is 41.0 Å². The van der Waals surface area contributed by atoms with Crippen molar-refractivity contribution in [2.75, 3.05) is 0 Å². The zero-order valence-corrected chi connectivity index (χ0v) is 15.9. The highest BCUT2D eigenvalue weighted by Crippen LogP contribution is 2.51. The first-order valence-electron chi connectivity index (χ1n) is 8.48. The third-order valence-electron chi connectivity index (χ3n) is 4.91. The second kappa shape index (κ2) is 6.53. The minimum Gasteiger partial charge on any atom is -0.386 e. The molecular weight excluding hydrogens is 397 g/mol. The van der Waals surface area contributed by atoms with Crippen molar-refractivity contribution in [1.29, 1.82) is 0 Å². The Kier molecular flexibility index (Phi) is 4.68. The van der Waals surface area contributed by atoms with Crippen molar-refractivity contribution < 1.29 is 36.3 Å². The van der Waals surface area contributed by atoms with Gasteiger partial charge in [-0.2, -0.15) is 22.0 Å². The first kappa shape index (κ1) is 20.8. The molecule has 3 rings (SSSR count). The quantitative estimate of drug-likeness (QED) is 0.306. The van der Waals surface area contributed by atoms with Crippen LogP contribution in [0, 0.1) is 6.92 Å². The summed E-state index contributed by atoms with van der Waals surface area (Å²) in [5, 5.41) is 0.0965. The molecule has 9 heteroatoms. The molecule has 1 aromatic carbocycles. The molecular formula is C20H16F5NO3. The number of para-hydroxylation sites is 1. The summed E-state index contributed by atoms with van der Waals surface area (Å²) in [4.78, 5) is 24.3. The van der Waals surface area contributed by atoms with Gasteiger partial charge in [0.05, 0.1) is 16.7 Å². The van der Waals surface area contributed by atoms with Crippen LogP contribution in [0.4, 0.5) is 22.0 Å². The molecule has 0 N–H and O–H groups in total. The number of nitrogens with zero attached hydrogens (tertiary/aromatic N) is 1. The summed E-state index contributed by atoms with van der Waals surface area (Å²) in [6.45, 7) is 4.02. The zero-order chi connectivity index (χ0) is 21.9. The van der Waals surface area contributed by atoms with E-state index in [1.54, 1.807) is 12.1 Å². The van der Waals surface area contributed by atoms with Gasteiger partial charge in [0, 0.05) is 29.2 Å². The minimum atomic E-state index is -6.00. The number of cyclic esters (lactones) is 2. The topological polar surface area (TPSA) is 48.3 Å². The van der Waals surface area contributed by atoms with E-state index in [0.717, 1.165) is 0 Å². The van der Waals surface area contributed by atoms with Gasteiger partial charge in [-0.3, -0.25) is 0 Å². The lowest BCUT2D eigenvalue weighted by atomic mass is 9.87. The Morgan fingerprint density at radius 1 is 0.966 bits per heavy atom. The lowest BCUT2D eigenvalue weighted by Gasteiger charge is -2.24. The first-order chi connectivity index (χ1) is 13.3. The minimum absolute atomic E-state index is 0.0814. The fourth-order valence-electron chi connectivity index (χ4n) is 3.49. The highest BCUT2D eigenvalue weighted by atomic mass is 19.4. The van der Waals surface area contributed by atoms with Crippen LogP contribution in [0.2, 0.25) is 0 Å². The Labute approximate surface area is 162 Å². The van der Waals surface area contributed by atoms with Crippen molar-refractivity contribution in [1.82, 2.24) is 4.57 Å². The van der Waals surface area contributed by atoms with Crippen LogP contribution in [0.5, 0.6) is 0 Å². The van der Waals surface area contributed by atoms with E-state index >= 15 is 0 Å². The number of ether oxygens (including phenoxy) is 1. The van der Waals surface area contributed by atoms with Crippen LogP contribution >= 0.6 is 0 Å². The first-order valence-corrected chi connectivity index (χ1v) is 8.48. The molecule has 0 bridgehead atoms. The highest BCUT2D eigenvalue weighted by Gasteiger charge is 2.63. The number of aromatic nitrogens is 1. The molecule has 0 saturated carbocycles. The number of benzene rings is 1. The number of carbonyl (C=O) groups excluding carboxylic acids is 2. The molecule has 0 unspecified atom stereocenters. The second-order valence-electron chi connectivity index (χ2n) is 6.91. The van der Waals surface area contributed by atoms with Gasteiger partial charge in [0.2, 0.25) is 0 Å². The van der Waals surface area contributed by atoms with Gasteiger partial charge in [0.15, 0.2) is 0 Å². The predicted octanol–water partition coefficient (Wildman–Crippen LogP) is 4.86. The van der Waals surface area contributed by atoms with E-state index < -0.39 is 46.3 Å². The van der Waals surface area contributed by atoms with Gasteiger partial charge in [-0.1, -0.05) is 23.8 Å². The van der Waals surface area contributed by atoms with Crippen LogP contribution in [0.1, 0.15) is 25.1 Å². The Bertz CT molecular complexity index is 1120. The molecule has 4 nitrogen and oxygen atoms in total. The van der Waals surface area contributed by atoms with Gasteiger partial charge in [-0.25, -0.2) is 9.59 Å². The lowest BCUT2D eigenvalue weighted by Crippen LogP contribution is -2.39. The molecule has 0 amide bonds. The molecule has 1 fully saturated rings. The maximum absolute atomic E-state index is 14.9. The number of rotatable bonds is 2.